The van der Waals surface area contributed by atoms with Crippen LogP contribution in [0.1, 0.15) is 46.4 Å². The van der Waals surface area contributed by atoms with Gasteiger partial charge < -0.3 is 28.7 Å². The number of hydrogen-bond donors (Lipinski definition) is 0. The smallest absolute Gasteiger partial charge is 0.256 e. The number of amides is 2. The largest absolute Gasteiger partial charge is 0.493 e. The van der Waals surface area contributed by atoms with Gasteiger partial charge in [-0.05, 0) is 37.8 Å². The second kappa shape index (κ2) is 12.1. The van der Waals surface area contributed by atoms with Crippen molar-refractivity contribution < 1.29 is 28.5 Å². The fourth-order valence-electron chi connectivity index (χ4n) is 6.61. The van der Waals surface area contributed by atoms with Crippen molar-refractivity contribution in [3.63, 3.8) is 0 Å². The molecule has 0 N–H and O–H groups in total. The molecule has 5 aliphatic heterocycles. The Balaban J connectivity index is 0.950. The Bertz CT molecular complexity index is 1390. The molecule has 0 spiro atoms. The average Bonchev–Trinajstić information content (AvgIpc) is 3.69. The van der Waals surface area contributed by atoms with Gasteiger partial charge >= 0.3 is 0 Å². The maximum absolute atomic E-state index is 13.1. The van der Waals surface area contributed by atoms with Crippen molar-refractivity contribution in [1.82, 2.24) is 19.6 Å². The first kappa shape index (κ1) is 28.6. The molecule has 12 nitrogen and oxygen atoms in total. The van der Waals surface area contributed by atoms with Crippen LogP contribution in [0.25, 0.3) is 0 Å². The normalized spacial score (nSPS) is 23.0. The standard InChI is InChI=1S/C32H38N6O6/c1-41-27-13-23-25(33-17-21-5-3-7-37(21)31(23)39)15-29(27)43-19-35-9-11-36(12-10-35)20-44-30-16-26-24(14-28(30)42-2)32(40)38-8-4-6-22(38)18-34-26/h13-18,21-22H,3-12,19-20H2,1-2H3/t21-,22-/m0/s1. The number of benzene rings is 2. The first-order valence-corrected chi connectivity index (χ1v) is 15.4. The Morgan fingerprint density at radius 3 is 1.48 bits per heavy atom. The van der Waals surface area contributed by atoms with E-state index in [1.807, 2.05) is 34.4 Å². The van der Waals surface area contributed by atoms with Gasteiger partial charge in [0, 0.05) is 63.8 Å². The summed E-state index contributed by atoms with van der Waals surface area (Å²) in [5.74, 6) is 2.18. The zero-order valence-electron chi connectivity index (χ0n) is 25.2. The zero-order chi connectivity index (χ0) is 30.2. The van der Waals surface area contributed by atoms with E-state index >= 15 is 0 Å². The van der Waals surface area contributed by atoms with E-state index < -0.39 is 0 Å². The molecule has 2 aromatic carbocycles. The number of carbonyl (C=O) groups excluding carboxylic acids is 2. The highest BCUT2D eigenvalue weighted by Gasteiger charge is 2.34. The van der Waals surface area contributed by atoms with Crippen molar-refractivity contribution in [2.45, 2.75) is 37.8 Å². The molecule has 5 aliphatic rings. The van der Waals surface area contributed by atoms with Gasteiger partial charge in [0.2, 0.25) is 0 Å². The van der Waals surface area contributed by atoms with Gasteiger partial charge in [-0.1, -0.05) is 0 Å². The Hall–Kier alpha value is -4.16. The third-order valence-corrected chi connectivity index (χ3v) is 9.19. The molecule has 0 unspecified atom stereocenters. The van der Waals surface area contributed by atoms with Gasteiger partial charge in [-0.2, -0.15) is 0 Å². The topological polar surface area (TPSA) is 109 Å². The maximum Gasteiger partial charge on any atom is 0.256 e. The van der Waals surface area contributed by atoms with Crippen LogP contribution in [-0.4, -0.2) is 123 Å². The molecule has 7 rings (SSSR count). The highest BCUT2D eigenvalue weighted by molar-refractivity contribution is 6.04. The van der Waals surface area contributed by atoms with Crippen molar-refractivity contribution in [3.8, 4) is 23.0 Å². The average molecular weight is 603 g/mol. The van der Waals surface area contributed by atoms with Crippen molar-refractivity contribution in [2.75, 3.05) is 66.9 Å². The summed E-state index contributed by atoms with van der Waals surface area (Å²) in [6.07, 6.45) is 7.63. The van der Waals surface area contributed by atoms with Crippen LogP contribution in [-0.2, 0) is 0 Å². The zero-order valence-corrected chi connectivity index (χ0v) is 25.2. The molecular formula is C32H38N6O6. The number of methoxy groups -OCH3 is 2. The molecule has 232 valence electrons. The predicted molar refractivity (Wildman–Crippen MR) is 165 cm³/mol. The van der Waals surface area contributed by atoms with Crippen LogP contribution in [0.15, 0.2) is 34.3 Å². The Morgan fingerprint density at radius 1 is 0.636 bits per heavy atom. The first-order valence-electron chi connectivity index (χ1n) is 15.4. The van der Waals surface area contributed by atoms with Crippen LogP contribution < -0.4 is 18.9 Å². The number of ether oxygens (including phenoxy) is 4. The van der Waals surface area contributed by atoms with E-state index in [-0.39, 0.29) is 23.9 Å². The summed E-state index contributed by atoms with van der Waals surface area (Å²) >= 11 is 0. The number of hydrogen-bond acceptors (Lipinski definition) is 10. The van der Waals surface area contributed by atoms with Crippen LogP contribution in [0.2, 0.25) is 0 Å². The molecule has 3 saturated heterocycles. The Labute approximate surface area is 256 Å². The minimum atomic E-state index is -0.00627. The molecular weight excluding hydrogens is 564 g/mol. The number of nitrogens with zero attached hydrogens (tertiary/aromatic N) is 6. The van der Waals surface area contributed by atoms with E-state index in [9.17, 15) is 9.59 Å². The lowest BCUT2D eigenvalue weighted by Gasteiger charge is -2.34. The molecule has 0 saturated carbocycles. The second-order valence-electron chi connectivity index (χ2n) is 11.8. The van der Waals surface area contributed by atoms with Crippen molar-refractivity contribution >= 4 is 35.6 Å². The van der Waals surface area contributed by atoms with E-state index in [0.29, 0.717) is 59.0 Å². The van der Waals surface area contributed by atoms with E-state index in [1.165, 1.54) is 0 Å². The summed E-state index contributed by atoms with van der Waals surface area (Å²) in [6.45, 7) is 5.45. The summed E-state index contributed by atoms with van der Waals surface area (Å²) < 4.78 is 23.6. The molecule has 44 heavy (non-hydrogen) atoms. The first-order chi connectivity index (χ1) is 21.5. The number of carbonyl (C=O) groups is 2. The lowest BCUT2D eigenvalue weighted by Crippen LogP contribution is -2.48. The molecule has 0 aromatic heterocycles. The summed E-state index contributed by atoms with van der Waals surface area (Å²) in [6, 6.07) is 7.23. The highest BCUT2D eigenvalue weighted by atomic mass is 16.5. The van der Waals surface area contributed by atoms with Crippen molar-refractivity contribution in [3.05, 3.63) is 35.4 Å². The number of rotatable bonds is 8. The van der Waals surface area contributed by atoms with Crippen molar-refractivity contribution in [2.24, 2.45) is 9.98 Å². The molecule has 2 aromatic rings. The Morgan fingerprint density at radius 2 is 1.07 bits per heavy atom. The van der Waals surface area contributed by atoms with Gasteiger partial charge in [0.1, 0.15) is 13.5 Å². The molecule has 0 bridgehead atoms. The molecule has 2 atom stereocenters. The monoisotopic (exact) mass is 602 g/mol. The van der Waals surface area contributed by atoms with Gasteiger partial charge in [0.15, 0.2) is 23.0 Å². The van der Waals surface area contributed by atoms with Crippen molar-refractivity contribution in [1.29, 1.82) is 0 Å². The second-order valence-corrected chi connectivity index (χ2v) is 11.8. The lowest BCUT2D eigenvalue weighted by atomic mass is 10.1. The summed E-state index contributed by atoms with van der Waals surface area (Å²) in [5.41, 5.74) is 2.33. The quantitative estimate of drug-likeness (QED) is 0.453. The predicted octanol–water partition coefficient (Wildman–Crippen LogP) is 3.34. The van der Waals surface area contributed by atoms with E-state index in [1.54, 1.807) is 26.4 Å². The third kappa shape index (κ3) is 5.36. The summed E-state index contributed by atoms with van der Waals surface area (Å²) in [7, 11) is 3.17. The molecule has 0 radical (unpaired) electrons. The van der Waals surface area contributed by atoms with Gasteiger partial charge in [-0.3, -0.25) is 29.4 Å². The van der Waals surface area contributed by atoms with E-state index in [0.717, 1.165) is 65.0 Å². The van der Waals surface area contributed by atoms with Gasteiger partial charge in [0.05, 0.1) is 48.8 Å². The molecule has 5 heterocycles. The highest BCUT2D eigenvalue weighted by Crippen LogP contribution is 2.39. The molecule has 12 heteroatoms. The van der Waals surface area contributed by atoms with Crippen LogP contribution in [0.3, 0.4) is 0 Å². The molecule has 2 amide bonds. The van der Waals surface area contributed by atoms with Gasteiger partial charge in [-0.25, -0.2) is 0 Å². The van der Waals surface area contributed by atoms with E-state index in [4.69, 9.17) is 18.9 Å². The minimum Gasteiger partial charge on any atom is -0.493 e. The fourth-order valence-corrected chi connectivity index (χ4v) is 6.61. The molecule has 0 aliphatic carbocycles. The van der Waals surface area contributed by atoms with Crippen LogP contribution in [0.5, 0.6) is 23.0 Å². The minimum absolute atomic E-state index is 0.00627. The van der Waals surface area contributed by atoms with Crippen LogP contribution in [0.4, 0.5) is 11.4 Å². The molecule has 3 fully saturated rings. The fraction of sp³-hybridized carbons (Fsp3) is 0.500. The number of piperazine rings is 1. The van der Waals surface area contributed by atoms with Gasteiger partial charge in [0.25, 0.3) is 11.8 Å². The Kier molecular flexibility index (Phi) is 7.85. The number of fused-ring (bicyclic) bond motifs is 4. The maximum atomic E-state index is 13.1. The van der Waals surface area contributed by atoms with E-state index in [2.05, 4.69) is 19.8 Å². The lowest BCUT2D eigenvalue weighted by molar-refractivity contribution is 0.0318. The third-order valence-electron chi connectivity index (χ3n) is 9.19. The van der Waals surface area contributed by atoms with Gasteiger partial charge in [-0.15, -0.1) is 0 Å². The van der Waals surface area contributed by atoms with Crippen LogP contribution >= 0.6 is 0 Å². The summed E-state index contributed by atoms with van der Waals surface area (Å²) in [4.78, 5) is 43.8. The number of aliphatic imine (C=N–C) groups is 2. The SMILES string of the molecule is COc1cc2c(cc1OCN1CCN(COc3cc4c(cc3OC)C(=O)N3CCC[C@H]3C=N4)CC1)N=C[C@@H]1CCCN1C2=O. The summed E-state index contributed by atoms with van der Waals surface area (Å²) in [5, 5.41) is 0. The van der Waals surface area contributed by atoms with Crippen LogP contribution in [0, 0.1) is 0 Å².